The monoisotopic (exact) mass is 436 g/mol. The van der Waals surface area contributed by atoms with Crippen molar-refractivity contribution in [3.8, 4) is 0 Å². The Bertz CT molecular complexity index is 1270. The van der Waals surface area contributed by atoms with Crippen LogP contribution >= 0.6 is 11.6 Å². The minimum atomic E-state index is -0.417. The van der Waals surface area contributed by atoms with Crippen molar-refractivity contribution in [1.29, 1.82) is 0 Å². The van der Waals surface area contributed by atoms with E-state index in [1.54, 1.807) is 60.7 Å². The average molecular weight is 437 g/mol. The summed E-state index contributed by atoms with van der Waals surface area (Å²) >= 11 is 5.90. The number of para-hydroxylation sites is 1. The van der Waals surface area contributed by atoms with E-state index in [4.69, 9.17) is 16.0 Å². The number of nitrogens with zero attached hydrogens (tertiary/aromatic N) is 1. The van der Waals surface area contributed by atoms with E-state index in [-0.39, 0.29) is 24.3 Å². The highest BCUT2D eigenvalue weighted by Gasteiger charge is 2.18. The molecule has 0 saturated heterocycles. The summed E-state index contributed by atoms with van der Waals surface area (Å²) in [5.74, 6) is -0.365. The Kier molecular flexibility index (Phi) is 6.00. The van der Waals surface area contributed by atoms with E-state index in [2.05, 4.69) is 5.32 Å². The second kappa shape index (κ2) is 9.02. The van der Waals surface area contributed by atoms with Crippen LogP contribution < -0.4 is 10.7 Å². The van der Waals surface area contributed by atoms with Gasteiger partial charge in [-0.05, 0) is 54.1 Å². The Labute approximate surface area is 182 Å². The van der Waals surface area contributed by atoms with Gasteiger partial charge in [-0.1, -0.05) is 35.9 Å². The van der Waals surface area contributed by atoms with E-state index in [0.717, 1.165) is 5.56 Å². The summed E-state index contributed by atoms with van der Waals surface area (Å²) in [6.07, 6.45) is 1.37. The normalized spacial score (nSPS) is 10.8. The fourth-order valence-corrected chi connectivity index (χ4v) is 3.30. The zero-order valence-corrected chi connectivity index (χ0v) is 17.1. The number of carbonyl (C=O) groups is 1. The van der Waals surface area contributed by atoms with Crippen molar-refractivity contribution in [1.82, 2.24) is 4.90 Å². The standard InChI is InChI=1S/C24H18ClFN2O3/c25-18-7-11-20(12-8-18)27-24(30)28(13-16-5-9-19(26)10-6-16)14-17-15-31-22-4-2-1-3-21(22)23(17)29/h1-12,15H,13-14H2,(H,27,30). The summed E-state index contributed by atoms with van der Waals surface area (Å²) in [6.45, 7) is 0.190. The SMILES string of the molecule is O=C(Nc1ccc(Cl)cc1)N(Cc1ccc(F)cc1)Cc1coc2ccccc2c1=O. The van der Waals surface area contributed by atoms with Gasteiger partial charge in [0.1, 0.15) is 11.4 Å². The number of fused-ring (bicyclic) bond motifs is 1. The molecule has 4 aromatic rings. The molecule has 0 unspecified atom stereocenters. The van der Waals surface area contributed by atoms with Gasteiger partial charge in [0.25, 0.3) is 0 Å². The van der Waals surface area contributed by atoms with Crippen molar-refractivity contribution >= 4 is 34.3 Å². The molecule has 0 fully saturated rings. The third-order valence-corrected chi connectivity index (χ3v) is 5.03. The molecule has 2 amide bonds. The Morgan fingerprint density at radius 2 is 1.68 bits per heavy atom. The van der Waals surface area contributed by atoms with Crippen molar-refractivity contribution in [3.63, 3.8) is 0 Å². The van der Waals surface area contributed by atoms with Crippen LogP contribution in [0.4, 0.5) is 14.9 Å². The molecule has 1 aromatic heterocycles. The fourth-order valence-electron chi connectivity index (χ4n) is 3.18. The number of halogens is 2. The number of urea groups is 1. The van der Waals surface area contributed by atoms with E-state index < -0.39 is 6.03 Å². The Morgan fingerprint density at radius 3 is 2.42 bits per heavy atom. The molecule has 0 spiro atoms. The molecule has 0 atom stereocenters. The number of carbonyl (C=O) groups excluding carboxylic acids is 1. The minimum absolute atomic E-state index is 0.0178. The van der Waals surface area contributed by atoms with Crippen LogP contribution in [0.1, 0.15) is 11.1 Å². The van der Waals surface area contributed by atoms with Crippen LogP contribution in [0, 0.1) is 5.82 Å². The highest BCUT2D eigenvalue weighted by Crippen LogP contribution is 2.17. The van der Waals surface area contributed by atoms with E-state index in [9.17, 15) is 14.0 Å². The molecule has 1 heterocycles. The predicted molar refractivity (Wildman–Crippen MR) is 119 cm³/mol. The third-order valence-electron chi connectivity index (χ3n) is 4.78. The van der Waals surface area contributed by atoms with Gasteiger partial charge >= 0.3 is 6.03 Å². The van der Waals surface area contributed by atoms with Crippen molar-refractivity contribution in [3.05, 3.63) is 111 Å². The van der Waals surface area contributed by atoms with Gasteiger partial charge < -0.3 is 14.6 Å². The van der Waals surface area contributed by atoms with Gasteiger partial charge in [-0.3, -0.25) is 4.79 Å². The molecule has 0 aliphatic rings. The molecule has 5 nitrogen and oxygen atoms in total. The summed E-state index contributed by atoms with van der Waals surface area (Å²) in [5, 5.41) is 3.79. The van der Waals surface area contributed by atoms with Crippen LogP contribution in [0.3, 0.4) is 0 Å². The number of nitrogens with one attached hydrogen (secondary N) is 1. The van der Waals surface area contributed by atoms with Crippen LogP contribution in [-0.2, 0) is 13.1 Å². The summed E-state index contributed by atoms with van der Waals surface area (Å²) in [4.78, 5) is 27.4. The molecular formula is C24H18ClFN2O3. The molecule has 0 bridgehead atoms. The number of rotatable bonds is 5. The molecule has 4 rings (SSSR count). The molecule has 31 heavy (non-hydrogen) atoms. The first-order valence-electron chi connectivity index (χ1n) is 9.55. The van der Waals surface area contributed by atoms with Gasteiger partial charge in [-0.2, -0.15) is 0 Å². The summed E-state index contributed by atoms with van der Waals surface area (Å²) < 4.78 is 18.9. The molecule has 0 aliphatic heterocycles. The molecule has 156 valence electrons. The molecule has 1 N–H and O–H groups in total. The second-order valence-corrected chi connectivity index (χ2v) is 7.44. The maximum absolute atomic E-state index is 13.3. The lowest BCUT2D eigenvalue weighted by Gasteiger charge is -2.23. The van der Waals surface area contributed by atoms with E-state index in [1.807, 2.05) is 0 Å². The molecule has 7 heteroatoms. The van der Waals surface area contributed by atoms with E-state index in [0.29, 0.717) is 27.2 Å². The number of amides is 2. The van der Waals surface area contributed by atoms with Gasteiger partial charge in [0.2, 0.25) is 0 Å². The van der Waals surface area contributed by atoms with Gasteiger partial charge in [0, 0.05) is 17.3 Å². The van der Waals surface area contributed by atoms with Crippen LogP contribution in [-0.4, -0.2) is 10.9 Å². The van der Waals surface area contributed by atoms with Crippen molar-refractivity contribution in [2.75, 3.05) is 5.32 Å². The van der Waals surface area contributed by atoms with Crippen LogP contribution in [0.25, 0.3) is 11.0 Å². The minimum Gasteiger partial charge on any atom is -0.464 e. The van der Waals surface area contributed by atoms with Crippen molar-refractivity contribution < 1.29 is 13.6 Å². The van der Waals surface area contributed by atoms with Crippen LogP contribution in [0.15, 0.2) is 88.3 Å². The van der Waals surface area contributed by atoms with Gasteiger partial charge in [0.15, 0.2) is 5.43 Å². The number of hydrogen-bond acceptors (Lipinski definition) is 3. The zero-order chi connectivity index (χ0) is 21.8. The van der Waals surface area contributed by atoms with Gasteiger partial charge in [0.05, 0.1) is 23.8 Å². The third kappa shape index (κ3) is 4.92. The summed E-state index contributed by atoms with van der Waals surface area (Å²) in [5.41, 5.74) is 1.89. The summed E-state index contributed by atoms with van der Waals surface area (Å²) in [6, 6.07) is 19.1. The quantitative estimate of drug-likeness (QED) is 0.428. The molecular weight excluding hydrogens is 419 g/mol. The first-order valence-corrected chi connectivity index (χ1v) is 9.93. The van der Waals surface area contributed by atoms with Gasteiger partial charge in [-0.15, -0.1) is 0 Å². The molecule has 3 aromatic carbocycles. The molecule has 0 aliphatic carbocycles. The summed E-state index contributed by atoms with van der Waals surface area (Å²) in [7, 11) is 0. The average Bonchev–Trinajstić information content (AvgIpc) is 2.78. The van der Waals surface area contributed by atoms with Crippen molar-refractivity contribution in [2.45, 2.75) is 13.1 Å². The lowest BCUT2D eigenvalue weighted by atomic mass is 10.1. The Morgan fingerprint density at radius 1 is 0.968 bits per heavy atom. The maximum Gasteiger partial charge on any atom is 0.322 e. The lowest BCUT2D eigenvalue weighted by molar-refractivity contribution is 0.206. The largest absolute Gasteiger partial charge is 0.464 e. The Hall–Kier alpha value is -3.64. The topological polar surface area (TPSA) is 62.6 Å². The molecule has 0 saturated carbocycles. The fraction of sp³-hybridized carbons (Fsp3) is 0.0833. The number of hydrogen-bond donors (Lipinski definition) is 1. The van der Waals surface area contributed by atoms with Crippen LogP contribution in [0.2, 0.25) is 5.02 Å². The highest BCUT2D eigenvalue weighted by atomic mass is 35.5. The molecule has 0 radical (unpaired) electrons. The smallest absolute Gasteiger partial charge is 0.322 e. The maximum atomic E-state index is 13.3. The van der Waals surface area contributed by atoms with E-state index in [1.165, 1.54) is 23.3 Å². The van der Waals surface area contributed by atoms with Crippen LogP contribution in [0.5, 0.6) is 0 Å². The van der Waals surface area contributed by atoms with Gasteiger partial charge in [-0.25, -0.2) is 9.18 Å². The van der Waals surface area contributed by atoms with E-state index >= 15 is 0 Å². The number of benzene rings is 3. The predicted octanol–water partition coefficient (Wildman–Crippen LogP) is 5.82. The van der Waals surface area contributed by atoms with Crippen molar-refractivity contribution in [2.24, 2.45) is 0 Å². The zero-order valence-electron chi connectivity index (χ0n) is 16.3. The lowest BCUT2D eigenvalue weighted by Crippen LogP contribution is -2.35. The first-order chi connectivity index (χ1) is 15.0. The first kappa shape index (κ1) is 20.6. The number of anilines is 1. The highest BCUT2D eigenvalue weighted by molar-refractivity contribution is 6.30. The Balaban J connectivity index is 1.63. The second-order valence-electron chi connectivity index (χ2n) is 7.01.